The number of ether oxygens (including phenoxy) is 1. The molecule has 0 fully saturated rings. The number of aromatic nitrogens is 2. The highest BCUT2D eigenvalue weighted by molar-refractivity contribution is 7.93. The molecule has 0 radical (unpaired) electrons. The van der Waals surface area contributed by atoms with Gasteiger partial charge in [0.25, 0.3) is 0 Å². The van der Waals surface area contributed by atoms with Crippen molar-refractivity contribution in [1.29, 1.82) is 0 Å². The van der Waals surface area contributed by atoms with Gasteiger partial charge < -0.3 is 15.4 Å². The van der Waals surface area contributed by atoms with Crippen molar-refractivity contribution in [3.63, 3.8) is 0 Å². The highest BCUT2D eigenvalue weighted by Gasteiger charge is 2.40. The van der Waals surface area contributed by atoms with E-state index in [1.54, 1.807) is 0 Å². The number of nitrogens with zero attached hydrogens (tertiary/aromatic N) is 3. The SMILES string of the molecule is CC(C)(C)OC(=O)NCCS(=O)(Cc1cc(Nc2ncc(F)c(-c3ccc(F)cc3F)n2)cc(C(F)(F)F)c1)=NC(=O)C(F)(F)F. The lowest BCUT2D eigenvalue weighted by Gasteiger charge is -2.20. The van der Waals surface area contributed by atoms with Gasteiger partial charge in [-0.05, 0) is 56.7 Å². The van der Waals surface area contributed by atoms with Gasteiger partial charge in [0.2, 0.25) is 5.95 Å². The first-order chi connectivity index (χ1) is 21.0. The number of hydrogen-bond donors (Lipinski definition) is 2. The summed E-state index contributed by atoms with van der Waals surface area (Å²) in [5.74, 6) is -8.73. The monoisotopic (exact) mass is 685 g/mol. The topological polar surface area (TPSA) is 123 Å². The van der Waals surface area contributed by atoms with E-state index >= 15 is 0 Å². The number of hydrogen-bond acceptors (Lipinski definition) is 7. The minimum absolute atomic E-state index is 0.443. The molecule has 1 heterocycles. The third-order valence-electron chi connectivity index (χ3n) is 5.48. The van der Waals surface area contributed by atoms with E-state index in [9.17, 15) is 53.3 Å². The Balaban J connectivity index is 2.01. The zero-order chi connectivity index (χ0) is 34.7. The minimum atomic E-state index is -5.57. The van der Waals surface area contributed by atoms with Crippen LogP contribution in [0.3, 0.4) is 0 Å². The standard InChI is InChI=1S/C27H24F9N5O4S/c1-25(2,3)45-24(43)37-6-7-46(44,41-22(42)27(34,35)36)13-14-8-15(26(31,32)33)10-17(9-14)39-23-38-12-20(30)21(40-23)18-5-4-16(28)11-19(18)29/h4-5,8-12H,6-7,13H2,1-3H3,(H,37,43)(H,38,39,40). The van der Waals surface area contributed by atoms with E-state index < -0.39 is 109 Å². The lowest BCUT2D eigenvalue weighted by atomic mass is 10.1. The number of nitrogens with one attached hydrogen (secondary N) is 2. The van der Waals surface area contributed by atoms with Crippen LogP contribution < -0.4 is 10.6 Å². The molecule has 1 unspecified atom stereocenters. The van der Waals surface area contributed by atoms with Gasteiger partial charge in [-0.2, -0.15) is 30.7 Å². The summed E-state index contributed by atoms with van der Waals surface area (Å²) in [5, 5.41) is 4.45. The fourth-order valence-corrected chi connectivity index (χ4v) is 5.49. The molecule has 2 aromatic carbocycles. The summed E-state index contributed by atoms with van der Waals surface area (Å²) in [6, 6.07) is 3.97. The maximum Gasteiger partial charge on any atom is 0.474 e. The van der Waals surface area contributed by atoms with Gasteiger partial charge >= 0.3 is 24.4 Å². The molecule has 1 atom stereocenters. The van der Waals surface area contributed by atoms with Gasteiger partial charge in [0.15, 0.2) is 5.82 Å². The van der Waals surface area contributed by atoms with Crippen molar-refractivity contribution in [3.8, 4) is 11.3 Å². The Bertz CT molecular complexity index is 1750. The molecule has 2 amide bonds. The number of halogens is 9. The lowest BCUT2D eigenvalue weighted by molar-refractivity contribution is -0.169. The van der Waals surface area contributed by atoms with Crippen LogP contribution in [0.2, 0.25) is 0 Å². The summed E-state index contributed by atoms with van der Waals surface area (Å²) >= 11 is 0. The Morgan fingerprint density at radius 3 is 2.22 bits per heavy atom. The van der Waals surface area contributed by atoms with Crippen LogP contribution in [0.25, 0.3) is 11.3 Å². The Morgan fingerprint density at radius 1 is 0.957 bits per heavy atom. The Hall–Kier alpha value is -4.42. The molecule has 0 aliphatic heterocycles. The van der Waals surface area contributed by atoms with E-state index in [1.807, 2.05) is 0 Å². The van der Waals surface area contributed by atoms with Crippen molar-refractivity contribution in [2.45, 2.75) is 44.5 Å². The molecule has 0 saturated heterocycles. The molecule has 250 valence electrons. The molecule has 2 N–H and O–H groups in total. The molecular formula is C27H24F9N5O4S. The van der Waals surface area contributed by atoms with Crippen LogP contribution in [0.15, 0.2) is 47.0 Å². The van der Waals surface area contributed by atoms with E-state index in [4.69, 9.17) is 4.74 Å². The largest absolute Gasteiger partial charge is 0.474 e. The molecule has 0 aliphatic carbocycles. The zero-order valence-corrected chi connectivity index (χ0v) is 24.8. The average molecular weight is 686 g/mol. The van der Waals surface area contributed by atoms with Gasteiger partial charge in [0.05, 0.1) is 33.0 Å². The van der Waals surface area contributed by atoms with Crippen LogP contribution in [0, 0.1) is 17.5 Å². The Morgan fingerprint density at radius 2 is 1.63 bits per heavy atom. The number of amides is 2. The highest BCUT2D eigenvalue weighted by Crippen LogP contribution is 2.34. The Labute approximate surface area is 255 Å². The lowest BCUT2D eigenvalue weighted by Crippen LogP contribution is -2.35. The molecule has 3 aromatic rings. The van der Waals surface area contributed by atoms with Crippen LogP contribution in [-0.4, -0.2) is 50.3 Å². The molecule has 1 aromatic heterocycles. The van der Waals surface area contributed by atoms with Crippen molar-refractivity contribution in [1.82, 2.24) is 15.3 Å². The normalized spacial score (nSPS) is 13.5. The van der Waals surface area contributed by atoms with Crippen LogP contribution in [-0.2, 0) is 31.2 Å². The molecule has 0 spiro atoms. The maximum absolute atomic E-state index is 14.4. The van der Waals surface area contributed by atoms with Crippen molar-refractivity contribution < 1.29 is 58.0 Å². The van der Waals surface area contributed by atoms with E-state index in [2.05, 4.69) is 25.0 Å². The first-order valence-corrected chi connectivity index (χ1v) is 14.7. The van der Waals surface area contributed by atoms with Crippen molar-refractivity contribution in [3.05, 3.63) is 71.2 Å². The molecule has 19 heteroatoms. The third kappa shape index (κ3) is 10.3. The smallest absolute Gasteiger partial charge is 0.444 e. The minimum Gasteiger partial charge on any atom is -0.444 e. The summed E-state index contributed by atoms with van der Waals surface area (Å²) in [6.45, 7) is 3.88. The summed E-state index contributed by atoms with van der Waals surface area (Å²) in [5.41, 5.74) is -4.58. The van der Waals surface area contributed by atoms with E-state index in [0.29, 0.717) is 24.4 Å². The third-order valence-corrected chi connectivity index (χ3v) is 7.60. The second kappa shape index (κ2) is 13.5. The van der Waals surface area contributed by atoms with Crippen LogP contribution >= 0.6 is 0 Å². The number of carbonyl (C=O) groups excluding carboxylic acids is 2. The fourth-order valence-electron chi connectivity index (χ4n) is 3.68. The van der Waals surface area contributed by atoms with E-state index in [-0.39, 0.29) is 0 Å². The molecular weight excluding hydrogens is 661 g/mol. The maximum atomic E-state index is 14.4. The second-order valence-corrected chi connectivity index (χ2v) is 12.9. The molecule has 0 bridgehead atoms. The first-order valence-electron chi connectivity index (χ1n) is 12.8. The number of alkyl carbamates (subject to hydrolysis) is 1. The number of benzene rings is 2. The average Bonchev–Trinajstić information content (AvgIpc) is 2.87. The number of alkyl halides is 6. The van der Waals surface area contributed by atoms with E-state index in [1.165, 1.54) is 20.8 Å². The number of anilines is 2. The predicted molar refractivity (Wildman–Crippen MR) is 147 cm³/mol. The quantitative estimate of drug-likeness (QED) is 0.247. The van der Waals surface area contributed by atoms with Gasteiger partial charge in [-0.15, -0.1) is 0 Å². The van der Waals surface area contributed by atoms with E-state index in [0.717, 1.165) is 18.2 Å². The van der Waals surface area contributed by atoms with Crippen molar-refractivity contribution in [2.75, 3.05) is 17.6 Å². The predicted octanol–water partition coefficient (Wildman–Crippen LogP) is 6.90. The summed E-state index contributed by atoms with van der Waals surface area (Å²) in [6.07, 6.45) is -11.1. The number of rotatable bonds is 8. The molecule has 46 heavy (non-hydrogen) atoms. The van der Waals surface area contributed by atoms with Gasteiger partial charge in [-0.25, -0.2) is 32.1 Å². The van der Waals surface area contributed by atoms with Crippen molar-refractivity contribution in [2.24, 2.45) is 4.36 Å². The van der Waals surface area contributed by atoms with Crippen LogP contribution in [0.1, 0.15) is 31.9 Å². The fraction of sp³-hybridized carbons (Fsp3) is 0.333. The summed E-state index contributed by atoms with van der Waals surface area (Å²) in [4.78, 5) is 30.9. The summed E-state index contributed by atoms with van der Waals surface area (Å²) < 4.78 is 144. The molecule has 0 saturated carbocycles. The Kier molecular flexibility index (Phi) is 10.6. The van der Waals surface area contributed by atoms with Gasteiger partial charge in [-0.3, -0.25) is 4.79 Å². The first kappa shape index (κ1) is 36.1. The zero-order valence-electron chi connectivity index (χ0n) is 23.9. The molecule has 3 rings (SSSR count). The highest BCUT2D eigenvalue weighted by atomic mass is 32.2. The van der Waals surface area contributed by atoms with Gasteiger partial charge in [-0.1, -0.05) is 0 Å². The molecule has 9 nitrogen and oxygen atoms in total. The second-order valence-electron chi connectivity index (χ2n) is 10.5. The number of carbonyl (C=O) groups is 2. The van der Waals surface area contributed by atoms with Gasteiger partial charge in [0.1, 0.15) is 22.9 Å². The van der Waals surface area contributed by atoms with Crippen molar-refractivity contribution >= 4 is 33.4 Å². The molecule has 0 aliphatic rings. The van der Waals surface area contributed by atoms with Gasteiger partial charge in [0, 0.05) is 23.9 Å². The van der Waals surface area contributed by atoms with Crippen LogP contribution in [0.5, 0.6) is 0 Å². The van der Waals surface area contributed by atoms with Crippen LogP contribution in [0.4, 0.5) is 55.9 Å². The summed E-state index contributed by atoms with van der Waals surface area (Å²) in [7, 11) is -4.34.